The summed E-state index contributed by atoms with van der Waals surface area (Å²) in [6.07, 6.45) is 3.56. The van der Waals surface area contributed by atoms with E-state index in [2.05, 4.69) is 0 Å². The Labute approximate surface area is 283 Å². The first kappa shape index (κ1) is 31.6. The summed E-state index contributed by atoms with van der Waals surface area (Å²) < 4.78 is 77.3. The molecule has 0 fully saturated rings. The number of fused-ring (bicyclic) bond motifs is 4. The van der Waals surface area contributed by atoms with Crippen molar-refractivity contribution in [2.24, 2.45) is 0 Å². The average Bonchev–Trinajstić information content (AvgIpc) is 3.34. The fourth-order valence-corrected chi connectivity index (χ4v) is 7.01. The molecule has 14 heteroatoms. The van der Waals surface area contributed by atoms with E-state index in [1.54, 1.807) is 42.2 Å². The van der Waals surface area contributed by atoms with Crippen LogP contribution >= 0.6 is 22.9 Å². The van der Waals surface area contributed by atoms with Crippen LogP contribution in [0.3, 0.4) is 0 Å². The van der Waals surface area contributed by atoms with E-state index in [1.165, 1.54) is 15.9 Å². The van der Waals surface area contributed by atoms with Gasteiger partial charge in [0.2, 0.25) is 17.3 Å². The third-order valence-electron chi connectivity index (χ3n) is 6.07. The molecule has 1 aliphatic rings. The molecule has 0 aliphatic carbocycles. The van der Waals surface area contributed by atoms with Gasteiger partial charge in [0.15, 0.2) is 15.9 Å². The number of rotatable bonds is 8. The van der Waals surface area contributed by atoms with Gasteiger partial charge in [0.25, 0.3) is 5.01 Å². The zero-order valence-corrected chi connectivity index (χ0v) is 27.9. The summed E-state index contributed by atoms with van der Waals surface area (Å²) in [6.45, 7) is 1.99. The fourth-order valence-electron chi connectivity index (χ4n) is 4.51. The Morgan fingerprint density at radius 1 is 1.07 bits per heavy atom. The van der Waals surface area contributed by atoms with E-state index < -0.39 is 31.9 Å². The van der Waals surface area contributed by atoms with Crippen molar-refractivity contribution in [3.63, 3.8) is 0 Å². The van der Waals surface area contributed by atoms with Gasteiger partial charge in [0.1, 0.15) is 4.70 Å². The zero-order chi connectivity index (χ0) is 27.9. The Morgan fingerprint density at radius 2 is 1.82 bits per heavy atom. The van der Waals surface area contributed by atoms with Crippen LogP contribution in [0, 0.1) is 0 Å². The van der Waals surface area contributed by atoms with E-state index in [0.29, 0.717) is 38.4 Å². The molecule has 1 aliphatic heterocycles. The second kappa shape index (κ2) is 12.5. The molecule has 0 saturated carbocycles. The first-order valence-corrected chi connectivity index (χ1v) is 16.1. The summed E-state index contributed by atoms with van der Waals surface area (Å²) in [5.41, 5.74) is 1.97. The van der Waals surface area contributed by atoms with Crippen LogP contribution in [-0.2, 0) is 26.1 Å². The topological polar surface area (TPSA) is 131 Å². The molecule has 40 heavy (non-hydrogen) atoms. The summed E-state index contributed by atoms with van der Waals surface area (Å²) in [6, 6.07) is 16.4. The summed E-state index contributed by atoms with van der Waals surface area (Å²) in [5, 5.41) is 2.76. The smallest absolute Gasteiger partial charge is 0.748 e. The van der Waals surface area contributed by atoms with Crippen LogP contribution in [0.4, 0.5) is 5.69 Å². The Bertz CT molecular complexity index is 1890. The van der Waals surface area contributed by atoms with E-state index in [4.69, 9.17) is 16.3 Å². The van der Waals surface area contributed by atoms with Crippen molar-refractivity contribution in [1.82, 2.24) is 0 Å². The van der Waals surface area contributed by atoms with Crippen LogP contribution in [0.2, 0.25) is 5.02 Å². The number of benzene rings is 3. The first-order chi connectivity index (χ1) is 18.4. The van der Waals surface area contributed by atoms with E-state index in [0.717, 1.165) is 15.5 Å². The van der Waals surface area contributed by atoms with E-state index in [1.807, 2.05) is 36.4 Å². The number of anilines is 1. The molecule has 0 spiro atoms. The maximum absolute atomic E-state index is 11.9. The standard InChI is InChI=1S/C26H23ClN2O7S3.K/c1-17(13-24-28(11-4-12-38(30,31)32)21-15-19(27)8-9-22(21)36-24)14-25-29(16-39(33,34)35)26-20-6-3-2-5-18(20)7-10-23(26)37-25;/h2-3,5-10,13-15H,4,11-12,16H2,1H3,(H-,30,31,32,33,34,35);/q;+1/p-1. The molecule has 3 aromatic carbocycles. The van der Waals surface area contributed by atoms with Crippen molar-refractivity contribution < 1.29 is 86.6 Å². The van der Waals surface area contributed by atoms with Gasteiger partial charge in [-0.1, -0.05) is 47.2 Å². The SMILES string of the molecule is CC(/C=C1\Oc2ccc(Cl)cc2N1CCCS(=O)(=O)[O-])=C\c1sc2ccc3ccccc3c2[n+]1CS(=O)(=O)[O-].[K+]. The van der Waals surface area contributed by atoms with Gasteiger partial charge in [-0.2, -0.15) is 4.57 Å². The molecule has 2 heterocycles. The van der Waals surface area contributed by atoms with Crippen LogP contribution in [0.1, 0.15) is 18.4 Å². The third-order valence-corrected chi connectivity index (χ3v) is 8.77. The van der Waals surface area contributed by atoms with Gasteiger partial charge >= 0.3 is 51.4 Å². The van der Waals surface area contributed by atoms with Gasteiger partial charge in [-0.15, -0.1) is 0 Å². The molecular weight excluding hydrogens is 623 g/mol. The second-order valence-electron chi connectivity index (χ2n) is 9.04. The number of thiazole rings is 1. The summed E-state index contributed by atoms with van der Waals surface area (Å²) in [4.78, 5) is 1.73. The van der Waals surface area contributed by atoms with Crippen LogP contribution in [-0.4, -0.2) is 38.2 Å². The number of ether oxygens (including phenoxy) is 1. The number of aromatic nitrogens is 1. The van der Waals surface area contributed by atoms with Crippen LogP contribution < -0.4 is 65.6 Å². The first-order valence-electron chi connectivity index (χ1n) is 11.7. The molecule has 5 rings (SSSR count). The van der Waals surface area contributed by atoms with E-state index >= 15 is 0 Å². The van der Waals surface area contributed by atoms with Gasteiger partial charge in [-0.3, -0.25) is 0 Å². The summed E-state index contributed by atoms with van der Waals surface area (Å²) >= 11 is 7.52. The maximum Gasteiger partial charge on any atom is 1.00 e. The van der Waals surface area contributed by atoms with Crippen molar-refractivity contribution in [1.29, 1.82) is 0 Å². The Kier molecular flexibility index (Phi) is 9.85. The van der Waals surface area contributed by atoms with Crippen molar-refractivity contribution in [3.8, 4) is 5.75 Å². The van der Waals surface area contributed by atoms with Crippen molar-refractivity contribution in [3.05, 3.63) is 82.2 Å². The van der Waals surface area contributed by atoms with E-state index in [-0.39, 0.29) is 64.4 Å². The Morgan fingerprint density at radius 3 is 2.55 bits per heavy atom. The number of hydrogen-bond acceptors (Lipinski definition) is 9. The minimum absolute atomic E-state index is 0. The van der Waals surface area contributed by atoms with Gasteiger partial charge in [0, 0.05) is 29.5 Å². The summed E-state index contributed by atoms with van der Waals surface area (Å²) in [7, 11) is -8.99. The Balaban J connectivity index is 0.00000370. The van der Waals surface area contributed by atoms with Crippen LogP contribution in [0.5, 0.6) is 5.75 Å². The minimum atomic E-state index is -4.60. The number of allylic oxidation sites excluding steroid dienone is 2. The molecule has 0 unspecified atom stereocenters. The molecule has 0 bridgehead atoms. The molecule has 1 aromatic heterocycles. The molecule has 0 radical (unpaired) electrons. The molecule has 204 valence electrons. The number of hydrogen-bond donors (Lipinski definition) is 0. The van der Waals surface area contributed by atoms with Gasteiger partial charge in [-0.25, -0.2) is 16.8 Å². The van der Waals surface area contributed by atoms with Crippen LogP contribution in [0.15, 0.2) is 72.1 Å². The van der Waals surface area contributed by atoms with Gasteiger partial charge in [-0.05, 0) is 54.6 Å². The second-order valence-corrected chi connectivity index (χ2v) is 13.4. The van der Waals surface area contributed by atoms with Crippen molar-refractivity contribution in [2.45, 2.75) is 19.2 Å². The van der Waals surface area contributed by atoms with Gasteiger partial charge < -0.3 is 18.7 Å². The monoisotopic (exact) mass is 644 g/mol. The number of nitrogens with zero attached hydrogens (tertiary/aromatic N) is 2. The molecule has 0 saturated heterocycles. The normalized spacial score (nSPS) is 14.9. The molecule has 9 nitrogen and oxygen atoms in total. The minimum Gasteiger partial charge on any atom is -0.748 e. The van der Waals surface area contributed by atoms with Crippen molar-refractivity contribution in [2.75, 3.05) is 17.2 Å². The van der Waals surface area contributed by atoms with Crippen molar-refractivity contribution >= 4 is 75.9 Å². The average molecular weight is 645 g/mol. The largest absolute Gasteiger partial charge is 1.00 e. The molecule has 4 aromatic rings. The third kappa shape index (κ3) is 7.34. The van der Waals surface area contributed by atoms with Gasteiger partial charge in [0.05, 0.1) is 21.2 Å². The Hall–Kier alpha value is -1.36. The number of halogens is 1. The molecule has 0 amide bonds. The fraction of sp³-hybridized carbons (Fsp3) is 0.192. The zero-order valence-electron chi connectivity index (χ0n) is 21.5. The van der Waals surface area contributed by atoms with Crippen LogP contribution in [0.25, 0.3) is 27.1 Å². The summed E-state index contributed by atoms with van der Waals surface area (Å²) in [5.74, 6) is -0.350. The maximum atomic E-state index is 11.9. The predicted octanol–water partition coefficient (Wildman–Crippen LogP) is 1.58. The predicted molar refractivity (Wildman–Crippen MR) is 150 cm³/mol. The molecular formula is C26H22ClKN2O7S3. The van der Waals surface area contributed by atoms with E-state index in [9.17, 15) is 25.9 Å². The quantitative estimate of drug-likeness (QED) is 0.161. The molecule has 0 atom stereocenters. The molecule has 0 N–H and O–H groups in total.